The molecular formula is C12H26. The van der Waals surface area contributed by atoms with Crippen molar-refractivity contribution in [1.82, 2.24) is 0 Å². The first-order chi connectivity index (χ1) is 5.09. The van der Waals surface area contributed by atoms with Gasteiger partial charge in [-0.1, -0.05) is 35.1 Å². The Bertz CT molecular complexity index is 99.2. The topological polar surface area (TPSA) is 0 Å². The molecular weight excluding hydrogens is 144 g/mol. The summed E-state index contributed by atoms with van der Waals surface area (Å²) in [6.45, 7) is 9.23. The summed E-state index contributed by atoms with van der Waals surface area (Å²) in [5, 5.41) is 0. The van der Waals surface area contributed by atoms with Crippen LogP contribution in [-0.2, 0) is 0 Å². The Morgan fingerprint density at radius 1 is 0.667 bits per heavy atom. The molecule has 0 heterocycles. The third kappa shape index (κ3) is 4.13. The second-order valence-electron chi connectivity index (χ2n) is 4.87. The minimum Gasteiger partial charge on any atom is -0.0776 e. The van der Waals surface area contributed by atoms with Gasteiger partial charge in [0.2, 0.25) is 0 Å². The van der Waals surface area contributed by atoms with Gasteiger partial charge in [0, 0.05) is 0 Å². The first-order valence-electron chi connectivity index (χ1n) is 5.09. The highest BCUT2D eigenvalue weighted by Gasteiger charge is 2.26. The summed E-state index contributed by atoms with van der Waals surface area (Å²) in [6, 6.07) is 0. The predicted molar refractivity (Wildman–Crippen MR) is 57.2 cm³/mol. The van der Waals surface area contributed by atoms with Crippen LogP contribution in [0.4, 0.5) is 0 Å². The van der Waals surface area contributed by atoms with E-state index < -0.39 is 0 Å². The summed E-state index contributed by atoms with van der Waals surface area (Å²) in [6.07, 6.45) is 4.42. The molecule has 0 radical (unpaired) electrons. The van der Waals surface area contributed by atoms with E-state index in [4.69, 9.17) is 0 Å². The summed E-state index contributed by atoms with van der Waals surface area (Å²) in [7, 11) is 0. The molecule has 0 aromatic heterocycles. The molecule has 2 unspecified atom stereocenters. The molecule has 2 aliphatic rings. The second kappa shape index (κ2) is 4.89. The lowest BCUT2D eigenvalue weighted by atomic mass is 9.78. The van der Waals surface area contributed by atoms with E-state index in [9.17, 15) is 0 Å². The molecule has 0 spiro atoms. The van der Waals surface area contributed by atoms with Gasteiger partial charge in [0.1, 0.15) is 0 Å². The molecule has 0 amide bonds. The lowest BCUT2D eigenvalue weighted by Crippen LogP contribution is -2.16. The minimum absolute atomic E-state index is 0. The van der Waals surface area contributed by atoms with Crippen LogP contribution in [0.5, 0.6) is 0 Å². The SMILES string of the molecule is C.CC1CC(C)C1.CC1CC1C. The first-order valence-corrected chi connectivity index (χ1v) is 5.09. The van der Waals surface area contributed by atoms with Crippen molar-refractivity contribution < 1.29 is 0 Å². The summed E-state index contributed by atoms with van der Waals surface area (Å²) in [5.74, 6) is 4.19. The molecule has 2 saturated carbocycles. The van der Waals surface area contributed by atoms with Crippen molar-refractivity contribution in [3.05, 3.63) is 0 Å². The maximum Gasteiger partial charge on any atom is -0.0414 e. The zero-order valence-corrected chi connectivity index (χ0v) is 8.43. The fourth-order valence-corrected chi connectivity index (χ4v) is 1.81. The van der Waals surface area contributed by atoms with Crippen molar-refractivity contribution in [2.45, 2.75) is 54.4 Å². The van der Waals surface area contributed by atoms with Crippen LogP contribution >= 0.6 is 0 Å². The minimum atomic E-state index is 0. The molecule has 0 aliphatic heterocycles. The van der Waals surface area contributed by atoms with E-state index in [2.05, 4.69) is 27.7 Å². The molecule has 74 valence electrons. The summed E-state index contributed by atoms with van der Waals surface area (Å²) in [4.78, 5) is 0. The molecule has 0 aromatic rings. The number of rotatable bonds is 0. The van der Waals surface area contributed by atoms with Gasteiger partial charge >= 0.3 is 0 Å². The zero-order valence-electron chi connectivity index (χ0n) is 8.43. The molecule has 2 aliphatic carbocycles. The Hall–Kier alpha value is 0. The average Bonchev–Trinajstić information content (AvgIpc) is 2.44. The lowest BCUT2D eigenvalue weighted by Gasteiger charge is -2.28. The molecule has 0 heteroatoms. The van der Waals surface area contributed by atoms with Crippen LogP contribution in [0.25, 0.3) is 0 Å². The van der Waals surface area contributed by atoms with E-state index >= 15 is 0 Å². The Kier molecular flexibility index (Phi) is 4.89. The van der Waals surface area contributed by atoms with Crippen LogP contribution < -0.4 is 0 Å². The van der Waals surface area contributed by atoms with Crippen LogP contribution in [0.1, 0.15) is 54.4 Å². The van der Waals surface area contributed by atoms with Gasteiger partial charge in [-0.15, -0.1) is 0 Å². The van der Waals surface area contributed by atoms with Gasteiger partial charge in [0.05, 0.1) is 0 Å². The molecule has 0 saturated heterocycles. The summed E-state index contributed by atoms with van der Waals surface area (Å²) in [5.41, 5.74) is 0. The molecule has 12 heavy (non-hydrogen) atoms. The predicted octanol–water partition coefficient (Wildman–Crippen LogP) is 4.35. The van der Waals surface area contributed by atoms with E-state index in [1.807, 2.05) is 0 Å². The molecule has 0 nitrogen and oxygen atoms in total. The highest BCUT2D eigenvalue weighted by atomic mass is 14.3. The van der Waals surface area contributed by atoms with Gasteiger partial charge in [-0.3, -0.25) is 0 Å². The number of hydrogen-bond acceptors (Lipinski definition) is 0. The quantitative estimate of drug-likeness (QED) is 0.507. The van der Waals surface area contributed by atoms with Crippen LogP contribution in [-0.4, -0.2) is 0 Å². The fourth-order valence-electron chi connectivity index (χ4n) is 1.81. The van der Waals surface area contributed by atoms with Crippen LogP contribution in [0.2, 0.25) is 0 Å². The van der Waals surface area contributed by atoms with E-state index in [0.717, 1.165) is 23.7 Å². The molecule has 2 rings (SSSR count). The number of hydrogen-bond donors (Lipinski definition) is 0. The van der Waals surface area contributed by atoms with Crippen molar-refractivity contribution in [3.8, 4) is 0 Å². The Morgan fingerprint density at radius 2 is 0.917 bits per heavy atom. The zero-order chi connectivity index (χ0) is 8.43. The summed E-state index contributed by atoms with van der Waals surface area (Å²) < 4.78 is 0. The monoisotopic (exact) mass is 170 g/mol. The molecule has 0 aromatic carbocycles. The highest BCUT2D eigenvalue weighted by Crippen LogP contribution is 2.36. The lowest BCUT2D eigenvalue weighted by molar-refractivity contribution is 0.233. The van der Waals surface area contributed by atoms with Gasteiger partial charge in [0.25, 0.3) is 0 Å². The van der Waals surface area contributed by atoms with E-state index in [-0.39, 0.29) is 7.43 Å². The molecule has 2 fully saturated rings. The van der Waals surface area contributed by atoms with Gasteiger partial charge in [0.15, 0.2) is 0 Å². The Morgan fingerprint density at radius 3 is 0.917 bits per heavy atom. The van der Waals surface area contributed by atoms with Gasteiger partial charge in [-0.05, 0) is 42.9 Å². The van der Waals surface area contributed by atoms with Crippen molar-refractivity contribution in [2.24, 2.45) is 23.7 Å². The molecule has 2 atom stereocenters. The average molecular weight is 170 g/mol. The van der Waals surface area contributed by atoms with Gasteiger partial charge in [-0.25, -0.2) is 0 Å². The Labute approximate surface area is 78.8 Å². The van der Waals surface area contributed by atoms with E-state index in [0.29, 0.717) is 0 Å². The van der Waals surface area contributed by atoms with Crippen LogP contribution in [0, 0.1) is 23.7 Å². The molecule has 0 N–H and O–H groups in total. The smallest absolute Gasteiger partial charge is 0.0414 e. The van der Waals surface area contributed by atoms with Crippen molar-refractivity contribution in [2.75, 3.05) is 0 Å². The maximum atomic E-state index is 2.32. The normalized spacial score (nSPS) is 43.0. The van der Waals surface area contributed by atoms with Gasteiger partial charge in [-0.2, -0.15) is 0 Å². The second-order valence-corrected chi connectivity index (χ2v) is 4.87. The van der Waals surface area contributed by atoms with Gasteiger partial charge < -0.3 is 0 Å². The highest BCUT2D eigenvalue weighted by molar-refractivity contribution is 4.76. The fraction of sp³-hybridized carbons (Fsp3) is 1.00. The Balaban J connectivity index is 0.000000189. The molecule has 0 bridgehead atoms. The van der Waals surface area contributed by atoms with Crippen molar-refractivity contribution in [3.63, 3.8) is 0 Å². The van der Waals surface area contributed by atoms with Crippen molar-refractivity contribution >= 4 is 0 Å². The van der Waals surface area contributed by atoms with Crippen LogP contribution in [0.3, 0.4) is 0 Å². The third-order valence-corrected chi connectivity index (χ3v) is 3.12. The van der Waals surface area contributed by atoms with Crippen LogP contribution in [0.15, 0.2) is 0 Å². The van der Waals surface area contributed by atoms with E-state index in [1.165, 1.54) is 19.3 Å². The van der Waals surface area contributed by atoms with E-state index in [1.54, 1.807) is 0 Å². The maximum absolute atomic E-state index is 2.32. The largest absolute Gasteiger partial charge is 0.0776 e. The first kappa shape index (κ1) is 12.0. The third-order valence-electron chi connectivity index (χ3n) is 3.12. The standard InChI is InChI=1S/C6H12.C5H10.CH4/c1-5-3-6(2)4-5;1-4-3-5(4)2;/h5-6H,3-4H2,1-2H3;4-5H,3H2,1-2H3;1H4. The summed E-state index contributed by atoms with van der Waals surface area (Å²) >= 11 is 0. The van der Waals surface area contributed by atoms with Crippen molar-refractivity contribution in [1.29, 1.82) is 0 Å².